The highest BCUT2D eigenvalue weighted by molar-refractivity contribution is 5.77. The van der Waals surface area contributed by atoms with Crippen molar-refractivity contribution in [1.29, 1.82) is 0 Å². The van der Waals surface area contributed by atoms with Crippen molar-refractivity contribution in [3.8, 4) is 0 Å². The second-order valence-corrected chi connectivity index (χ2v) is 3.06. The molecule has 0 spiro atoms. The molecule has 70 valence electrons. The van der Waals surface area contributed by atoms with Gasteiger partial charge >= 0.3 is 0 Å². The molecule has 4 heteroatoms. The molecule has 1 aliphatic rings. The van der Waals surface area contributed by atoms with Crippen molar-refractivity contribution in [2.24, 2.45) is 11.7 Å². The zero-order valence-corrected chi connectivity index (χ0v) is 7.21. The monoisotopic (exact) mass is 172 g/mol. The van der Waals surface area contributed by atoms with Gasteiger partial charge in [0.15, 0.2) is 0 Å². The summed E-state index contributed by atoms with van der Waals surface area (Å²) in [6.45, 7) is 2.48. The first-order chi connectivity index (χ1) is 5.83. The largest absolute Gasteiger partial charge is 0.381 e. The first-order valence-corrected chi connectivity index (χ1v) is 4.37. The molecule has 1 saturated heterocycles. The zero-order valence-electron chi connectivity index (χ0n) is 7.21. The summed E-state index contributed by atoms with van der Waals surface area (Å²) in [6, 6.07) is 0. The predicted octanol–water partition coefficient (Wildman–Crippen LogP) is -0.512. The number of ether oxygens (including phenoxy) is 1. The van der Waals surface area contributed by atoms with E-state index in [-0.39, 0.29) is 12.5 Å². The Morgan fingerprint density at radius 1 is 1.50 bits per heavy atom. The Morgan fingerprint density at radius 3 is 2.75 bits per heavy atom. The molecule has 0 aliphatic carbocycles. The smallest absolute Gasteiger partial charge is 0.233 e. The van der Waals surface area contributed by atoms with Crippen LogP contribution < -0.4 is 11.1 Å². The van der Waals surface area contributed by atoms with E-state index >= 15 is 0 Å². The molecule has 4 nitrogen and oxygen atoms in total. The first kappa shape index (κ1) is 9.48. The van der Waals surface area contributed by atoms with Gasteiger partial charge in [-0.1, -0.05) is 0 Å². The summed E-state index contributed by atoms with van der Waals surface area (Å²) in [5.74, 6) is 0.510. The van der Waals surface area contributed by atoms with Gasteiger partial charge in [-0.3, -0.25) is 4.79 Å². The molecule has 0 aromatic rings. The molecule has 1 amide bonds. The Hall–Kier alpha value is -0.610. The average Bonchev–Trinajstić information content (AvgIpc) is 2.16. The van der Waals surface area contributed by atoms with E-state index in [1.807, 2.05) is 0 Å². The number of hydrogen-bond donors (Lipinski definition) is 2. The summed E-state index contributed by atoms with van der Waals surface area (Å²) >= 11 is 0. The van der Waals surface area contributed by atoms with Crippen LogP contribution in [0.15, 0.2) is 0 Å². The number of hydrogen-bond acceptors (Lipinski definition) is 3. The molecule has 12 heavy (non-hydrogen) atoms. The molecule has 1 aliphatic heterocycles. The molecular weight excluding hydrogens is 156 g/mol. The fourth-order valence-corrected chi connectivity index (χ4v) is 1.28. The van der Waals surface area contributed by atoms with Gasteiger partial charge in [0.1, 0.15) is 0 Å². The van der Waals surface area contributed by atoms with Gasteiger partial charge in [0.2, 0.25) is 5.91 Å². The van der Waals surface area contributed by atoms with Gasteiger partial charge in [-0.15, -0.1) is 0 Å². The third-order valence-electron chi connectivity index (χ3n) is 2.11. The number of nitrogens with one attached hydrogen (secondary N) is 1. The van der Waals surface area contributed by atoms with Crippen molar-refractivity contribution in [1.82, 2.24) is 5.32 Å². The molecule has 0 saturated carbocycles. The summed E-state index contributed by atoms with van der Waals surface area (Å²) in [5.41, 5.74) is 5.15. The maximum atomic E-state index is 10.8. The number of carbonyl (C=O) groups is 1. The van der Waals surface area contributed by atoms with Crippen LogP contribution in [0, 0.1) is 5.92 Å². The van der Waals surface area contributed by atoms with Crippen molar-refractivity contribution in [3.05, 3.63) is 0 Å². The minimum Gasteiger partial charge on any atom is -0.381 e. The highest BCUT2D eigenvalue weighted by Gasteiger charge is 2.13. The average molecular weight is 172 g/mol. The van der Waals surface area contributed by atoms with Crippen LogP contribution in [0.25, 0.3) is 0 Å². The third-order valence-corrected chi connectivity index (χ3v) is 2.11. The van der Waals surface area contributed by atoms with Gasteiger partial charge in [-0.2, -0.15) is 0 Å². The van der Waals surface area contributed by atoms with E-state index in [2.05, 4.69) is 5.32 Å². The molecule has 1 rings (SSSR count). The Balaban J connectivity index is 2.09. The van der Waals surface area contributed by atoms with Crippen molar-refractivity contribution in [2.75, 3.05) is 26.3 Å². The molecule has 0 atom stereocenters. The molecule has 1 fully saturated rings. The lowest BCUT2D eigenvalue weighted by molar-refractivity contribution is -0.120. The topological polar surface area (TPSA) is 64.4 Å². The zero-order chi connectivity index (χ0) is 8.81. The van der Waals surface area contributed by atoms with Gasteiger partial charge in [0.25, 0.3) is 0 Å². The molecule has 1 heterocycles. The van der Waals surface area contributed by atoms with Gasteiger partial charge in [0.05, 0.1) is 6.54 Å². The van der Waals surface area contributed by atoms with Crippen LogP contribution in [0.5, 0.6) is 0 Å². The molecule has 3 N–H and O–H groups in total. The van der Waals surface area contributed by atoms with Crippen molar-refractivity contribution in [2.45, 2.75) is 12.8 Å². The van der Waals surface area contributed by atoms with Gasteiger partial charge in [0, 0.05) is 19.8 Å². The van der Waals surface area contributed by atoms with E-state index in [4.69, 9.17) is 10.5 Å². The van der Waals surface area contributed by atoms with Crippen molar-refractivity contribution < 1.29 is 9.53 Å². The highest BCUT2D eigenvalue weighted by atomic mass is 16.5. The van der Waals surface area contributed by atoms with E-state index < -0.39 is 0 Å². The Labute approximate surface area is 72.5 Å². The van der Waals surface area contributed by atoms with Crippen LogP contribution in [0.2, 0.25) is 0 Å². The van der Waals surface area contributed by atoms with Crippen molar-refractivity contribution in [3.63, 3.8) is 0 Å². The molecule has 0 unspecified atom stereocenters. The Morgan fingerprint density at radius 2 is 2.17 bits per heavy atom. The molecule has 0 radical (unpaired) electrons. The van der Waals surface area contributed by atoms with Crippen LogP contribution >= 0.6 is 0 Å². The second-order valence-electron chi connectivity index (χ2n) is 3.06. The number of nitrogens with two attached hydrogens (primary N) is 1. The number of carbonyl (C=O) groups excluding carboxylic acids is 1. The maximum absolute atomic E-state index is 10.8. The van der Waals surface area contributed by atoms with E-state index in [0.717, 1.165) is 32.6 Å². The lowest BCUT2D eigenvalue weighted by Gasteiger charge is -2.21. The Bertz CT molecular complexity index is 144. The van der Waals surface area contributed by atoms with Crippen LogP contribution in [0.1, 0.15) is 12.8 Å². The normalized spacial score (nSPS) is 19.1. The molecule has 0 aromatic heterocycles. The third kappa shape index (κ3) is 3.19. The summed E-state index contributed by atoms with van der Waals surface area (Å²) < 4.78 is 5.20. The van der Waals surface area contributed by atoms with Gasteiger partial charge in [-0.05, 0) is 18.8 Å². The van der Waals surface area contributed by atoms with Crippen LogP contribution in [0.3, 0.4) is 0 Å². The van der Waals surface area contributed by atoms with Crippen LogP contribution in [0.4, 0.5) is 0 Å². The fourth-order valence-electron chi connectivity index (χ4n) is 1.28. The lowest BCUT2D eigenvalue weighted by atomic mass is 10.0. The van der Waals surface area contributed by atoms with Gasteiger partial charge in [-0.25, -0.2) is 0 Å². The Kier molecular flexibility index (Phi) is 4.04. The van der Waals surface area contributed by atoms with Crippen molar-refractivity contribution >= 4 is 5.91 Å². The summed E-state index contributed by atoms with van der Waals surface area (Å²) in [6.07, 6.45) is 2.09. The fraction of sp³-hybridized carbons (Fsp3) is 0.875. The van der Waals surface area contributed by atoms with E-state index in [9.17, 15) is 4.79 Å². The second kappa shape index (κ2) is 5.11. The van der Waals surface area contributed by atoms with Crippen LogP contribution in [-0.2, 0) is 9.53 Å². The minimum atomic E-state index is -0.0681. The quantitative estimate of drug-likeness (QED) is 0.602. The summed E-state index contributed by atoms with van der Waals surface area (Å²) in [7, 11) is 0. The standard InChI is InChI=1S/C8H16N2O2/c9-5-8(11)10-6-7-1-3-12-4-2-7/h7H,1-6,9H2,(H,10,11). The van der Waals surface area contributed by atoms with E-state index in [1.165, 1.54) is 0 Å². The van der Waals surface area contributed by atoms with E-state index in [1.54, 1.807) is 0 Å². The summed E-state index contributed by atoms with van der Waals surface area (Å²) in [4.78, 5) is 10.8. The lowest BCUT2D eigenvalue weighted by Crippen LogP contribution is -2.35. The first-order valence-electron chi connectivity index (χ1n) is 4.37. The van der Waals surface area contributed by atoms with Crippen LogP contribution in [-0.4, -0.2) is 32.2 Å². The van der Waals surface area contributed by atoms with Gasteiger partial charge < -0.3 is 15.8 Å². The molecular formula is C8H16N2O2. The summed E-state index contributed by atoms with van der Waals surface area (Å²) in [5, 5.41) is 2.78. The predicted molar refractivity (Wildman–Crippen MR) is 45.6 cm³/mol. The minimum absolute atomic E-state index is 0.0681. The SMILES string of the molecule is NCC(=O)NCC1CCOCC1. The van der Waals surface area contributed by atoms with E-state index in [0.29, 0.717) is 5.92 Å². The number of rotatable bonds is 3. The number of amides is 1. The molecule has 0 aromatic carbocycles. The highest BCUT2D eigenvalue weighted by Crippen LogP contribution is 2.12. The molecule has 0 bridgehead atoms. The maximum Gasteiger partial charge on any atom is 0.233 e.